The number of piperidine rings is 1. The summed E-state index contributed by atoms with van der Waals surface area (Å²) in [5.74, 6) is 0.881. The lowest BCUT2D eigenvalue weighted by Gasteiger charge is -2.32. The third-order valence-corrected chi connectivity index (χ3v) is 5.28. The molecule has 0 radical (unpaired) electrons. The molecule has 2 aromatic rings. The predicted octanol–water partition coefficient (Wildman–Crippen LogP) is 3.58. The largest absolute Gasteiger partial charge is 0.477 e. The maximum absolute atomic E-state index is 12.6. The van der Waals surface area contributed by atoms with Crippen LogP contribution in [0.5, 0.6) is 5.88 Å². The lowest BCUT2D eigenvalue weighted by molar-refractivity contribution is -0.132. The summed E-state index contributed by atoms with van der Waals surface area (Å²) >= 11 is 3.50. The number of benzene rings is 1. The Morgan fingerprint density at radius 1 is 1.38 bits per heavy atom. The van der Waals surface area contributed by atoms with Gasteiger partial charge >= 0.3 is 0 Å². The second kappa shape index (κ2) is 8.81. The predicted molar refractivity (Wildman–Crippen MR) is 102 cm³/mol. The van der Waals surface area contributed by atoms with E-state index in [1.807, 2.05) is 29.2 Å². The highest BCUT2D eigenvalue weighted by molar-refractivity contribution is 9.10. The van der Waals surface area contributed by atoms with Gasteiger partial charge in [0.1, 0.15) is 0 Å². The number of halogens is 1. The smallest absolute Gasteiger partial charge is 0.227 e. The zero-order chi connectivity index (χ0) is 18.4. The van der Waals surface area contributed by atoms with Crippen molar-refractivity contribution in [1.82, 2.24) is 9.88 Å². The first kappa shape index (κ1) is 18.4. The topological polar surface area (TPSA) is 66.2 Å². The molecule has 6 heteroatoms. The number of nitrogens with zero attached hydrogens (tertiary/aromatic N) is 3. The normalized spacial score (nSPS) is 16.8. The Kier molecular flexibility index (Phi) is 6.24. The van der Waals surface area contributed by atoms with Crippen molar-refractivity contribution in [1.29, 1.82) is 5.26 Å². The Morgan fingerprint density at radius 2 is 2.23 bits per heavy atom. The van der Waals surface area contributed by atoms with E-state index in [0.717, 1.165) is 29.4 Å². The van der Waals surface area contributed by atoms with E-state index < -0.39 is 0 Å². The number of hydrogen-bond donors (Lipinski definition) is 0. The number of rotatable bonds is 5. The Balaban J connectivity index is 1.54. The zero-order valence-electron chi connectivity index (χ0n) is 14.4. The molecule has 0 saturated carbocycles. The van der Waals surface area contributed by atoms with Crippen LogP contribution in [-0.2, 0) is 11.2 Å². The standard InChI is InChI=1S/C20H20BrN3O2/c21-18-6-2-1-5-17(18)11-20(25)24-9-3-4-16(13-24)14-26-19-10-15(12-22)7-8-23-19/h1-2,5-8,10,16H,3-4,9,11,13-14H2. The van der Waals surface area contributed by atoms with Gasteiger partial charge in [-0.25, -0.2) is 4.98 Å². The Labute approximate surface area is 161 Å². The van der Waals surface area contributed by atoms with E-state index in [2.05, 4.69) is 27.0 Å². The molecular formula is C20H20BrN3O2. The van der Waals surface area contributed by atoms with Gasteiger partial charge in [0.25, 0.3) is 0 Å². The van der Waals surface area contributed by atoms with Crippen molar-refractivity contribution >= 4 is 21.8 Å². The minimum atomic E-state index is 0.145. The summed E-state index contributed by atoms with van der Waals surface area (Å²) in [5.41, 5.74) is 1.54. The van der Waals surface area contributed by atoms with E-state index in [4.69, 9.17) is 10.00 Å². The van der Waals surface area contributed by atoms with Crippen LogP contribution in [0.1, 0.15) is 24.0 Å². The maximum atomic E-state index is 12.6. The van der Waals surface area contributed by atoms with Crippen LogP contribution in [0, 0.1) is 17.2 Å². The summed E-state index contributed by atoms with van der Waals surface area (Å²) in [6.45, 7) is 1.99. The molecule has 1 unspecified atom stereocenters. The fourth-order valence-electron chi connectivity index (χ4n) is 3.11. The van der Waals surface area contributed by atoms with Gasteiger partial charge in [-0.05, 0) is 30.5 Å². The number of amides is 1. The molecule has 1 aromatic carbocycles. The monoisotopic (exact) mass is 413 g/mol. The molecule has 1 aliphatic heterocycles. The van der Waals surface area contributed by atoms with Gasteiger partial charge in [0.05, 0.1) is 24.7 Å². The maximum Gasteiger partial charge on any atom is 0.227 e. The average molecular weight is 414 g/mol. The van der Waals surface area contributed by atoms with E-state index in [1.165, 1.54) is 0 Å². The summed E-state index contributed by atoms with van der Waals surface area (Å²) in [7, 11) is 0. The van der Waals surface area contributed by atoms with Gasteiger partial charge in [-0.15, -0.1) is 0 Å². The summed E-state index contributed by atoms with van der Waals surface area (Å²) < 4.78 is 6.71. The van der Waals surface area contributed by atoms with Crippen molar-refractivity contribution in [2.45, 2.75) is 19.3 Å². The summed E-state index contributed by atoms with van der Waals surface area (Å²) in [6.07, 6.45) is 3.97. The van der Waals surface area contributed by atoms with Gasteiger partial charge in [-0.3, -0.25) is 4.79 Å². The summed E-state index contributed by atoms with van der Waals surface area (Å²) in [6, 6.07) is 13.2. The van der Waals surface area contributed by atoms with Crippen LogP contribution < -0.4 is 4.74 Å². The van der Waals surface area contributed by atoms with Crippen LogP contribution in [-0.4, -0.2) is 35.5 Å². The van der Waals surface area contributed by atoms with Gasteiger partial charge in [-0.2, -0.15) is 5.26 Å². The number of nitriles is 1. The van der Waals surface area contributed by atoms with Crippen molar-refractivity contribution in [3.8, 4) is 11.9 Å². The highest BCUT2D eigenvalue weighted by Crippen LogP contribution is 2.21. The number of ether oxygens (including phenoxy) is 1. The molecule has 1 atom stereocenters. The number of aromatic nitrogens is 1. The molecule has 2 heterocycles. The molecule has 1 amide bonds. The van der Waals surface area contributed by atoms with Crippen molar-refractivity contribution < 1.29 is 9.53 Å². The molecule has 5 nitrogen and oxygen atoms in total. The number of carbonyl (C=O) groups is 1. The third kappa shape index (κ3) is 4.83. The van der Waals surface area contributed by atoms with E-state index in [-0.39, 0.29) is 11.8 Å². The van der Waals surface area contributed by atoms with Crippen LogP contribution in [0.4, 0.5) is 0 Å². The van der Waals surface area contributed by atoms with Gasteiger partial charge < -0.3 is 9.64 Å². The molecule has 0 N–H and O–H groups in total. The highest BCUT2D eigenvalue weighted by atomic mass is 79.9. The van der Waals surface area contributed by atoms with Crippen LogP contribution in [0.25, 0.3) is 0 Å². The van der Waals surface area contributed by atoms with Crippen molar-refractivity contribution in [2.24, 2.45) is 5.92 Å². The summed E-state index contributed by atoms with van der Waals surface area (Å²) in [5, 5.41) is 8.93. The van der Waals surface area contributed by atoms with Crippen molar-refractivity contribution in [3.05, 3.63) is 58.2 Å². The second-order valence-corrected chi connectivity index (χ2v) is 7.28. The number of likely N-dealkylation sites (tertiary alicyclic amines) is 1. The first-order chi connectivity index (χ1) is 12.7. The lowest BCUT2D eigenvalue weighted by Crippen LogP contribution is -2.42. The minimum Gasteiger partial charge on any atom is -0.477 e. The molecule has 0 bridgehead atoms. The van der Waals surface area contributed by atoms with E-state index in [9.17, 15) is 4.79 Å². The Hall–Kier alpha value is -2.39. The number of carbonyl (C=O) groups excluding carboxylic acids is 1. The quantitative estimate of drug-likeness (QED) is 0.750. The van der Waals surface area contributed by atoms with Crippen LogP contribution in [0.2, 0.25) is 0 Å². The van der Waals surface area contributed by atoms with Gasteiger partial charge in [0.15, 0.2) is 0 Å². The fraction of sp³-hybridized carbons (Fsp3) is 0.350. The molecule has 1 saturated heterocycles. The van der Waals surface area contributed by atoms with E-state index >= 15 is 0 Å². The van der Waals surface area contributed by atoms with Crippen LogP contribution in [0.3, 0.4) is 0 Å². The number of pyridine rings is 1. The molecule has 1 aliphatic rings. The van der Waals surface area contributed by atoms with Gasteiger partial charge in [-0.1, -0.05) is 34.1 Å². The highest BCUT2D eigenvalue weighted by Gasteiger charge is 2.24. The van der Waals surface area contributed by atoms with Gasteiger partial charge in [0, 0.05) is 35.7 Å². The minimum absolute atomic E-state index is 0.145. The molecular weight excluding hydrogens is 394 g/mol. The average Bonchev–Trinajstić information content (AvgIpc) is 2.68. The molecule has 26 heavy (non-hydrogen) atoms. The fourth-order valence-corrected chi connectivity index (χ4v) is 3.53. The second-order valence-electron chi connectivity index (χ2n) is 6.42. The zero-order valence-corrected chi connectivity index (χ0v) is 16.0. The third-order valence-electron chi connectivity index (χ3n) is 4.50. The first-order valence-electron chi connectivity index (χ1n) is 8.66. The van der Waals surface area contributed by atoms with E-state index in [1.54, 1.807) is 18.3 Å². The van der Waals surface area contributed by atoms with E-state index in [0.29, 0.717) is 31.0 Å². The molecule has 1 fully saturated rings. The Bertz CT molecular complexity index is 819. The Morgan fingerprint density at radius 3 is 3.04 bits per heavy atom. The molecule has 3 rings (SSSR count). The SMILES string of the molecule is N#Cc1ccnc(OCC2CCCN(C(=O)Cc3ccccc3Br)C2)c1. The summed E-state index contributed by atoms with van der Waals surface area (Å²) in [4.78, 5) is 18.7. The van der Waals surface area contributed by atoms with Crippen molar-refractivity contribution in [2.75, 3.05) is 19.7 Å². The number of hydrogen-bond acceptors (Lipinski definition) is 4. The van der Waals surface area contributed by atoms with Crippen LogP contribution >= 0.6 is 15.9 Å². The molecule has 0 spiro atoms. The van der Waals surface area contributed by atoms with Gasteiger partial charge in [0.2, 0.25) is 11.8 Å². The lowest BCUT2D eigenvalue weighted by atomic mass is 9.98. The molecule has 0 aliphatic carbocycles. The first-order valence-corrected chi connectivity index (χ1v) is 9.45. The molecule has 134 valence electrons. The van der Waals surface area contributed by atoms with Crippen molar-refractivity contribution in [3.63, 3.8) is 0 Å². The van der Waals surface area contributed by atoms with Crippen LogP contribution in [0.15, 0.2) is 47.1 Å². The molecule has 1 aromatic heterocycles.